The van der Waals surface area contributed by atoms with E-state index in [4.69, 9.17) is 14.2 Å². The van der Waals surface area contributed by atoms with Crippen LogP contribution in [0.5, 0.6) is 17.2 Å². The predicted molar refractivity (Wildman–Crippen MR) is 134 cm³/mol. The molecule has 0 saturated heterocycles. The third-order valence-electron chi connectivity index (χ3n) is 6.59. The zero-order valence-electron chi connectivity index (χ0n) is 20.6. The van der Waals surface area contributed by atoms with E-state index in [0.29, 0.717) is 30.6 Å². The second kappa shape index (κ2) is 10.2. The summed E-state index contributed by atoms with van der Waals surface area (Å²) in [5.74, 6) is 2.62. The molecular formula is C29H33NO4. The first-order valence-electron chi connectivity index (χ1n) is 11.8. The van der Waals surface area contributed by atoms with Gasteiger partial charge in [-0.05, 0) is 71.8 Å². The summed E-state index contributed by atoms with van der Waals surface area (Å²) in [7, 11) is 3.27. The molecule has 0 unspecified atom stereocenters. The third-order valence-corrected chi connectivity index (χ3v) is 6.59. The molecule has 0 bridgehead atoms. The molecule has 178 valence electrons. The van der Waals surface area contributed by atoms with E-state index in [2.05, 4.69) is 26.0 Å². The van der Waals surface area contributed by atoms with E-state index >= 15 is 0 Å². The van der Waals surface area contributed by atoms with Gasteiger partial charge in [0.1, 0.15) is 12.4 Å². The molecule has 5 heteroatoms. The molecule has 1 aliphatic heterocycles. The molecule has 1 amide bonds. The van der Waals surface area contributed by atoms with Gasteiger partial charge in [-0.15, -0.1) is 0 Å². The molecule has 5 nitrogen and oxygen atoms in total. The van der Waals surface area contributed by atoms with Gasteiger partial charge in [-0.1, -0.05) is 44.2 Å². The first-order chi connectivity index (χ1) is 16.4. The maximum atomic E-state index is 13.7. The monoisotopic (exact) mass is 459 g/mol. The van der Waals surface area contributed by atoms with Gasteiger partial charge in [-0.3, -0.25) is 4.79 Å². The van der Waals surface area contributed by atoms with Crippen LogP contribution in [0.1, 0.15) is 58.4 Å². The first-order valence-corrected chi connectivity index (χ1v) is 11.8. The highest BCUT2D eigenvalue weighted by Crippen LogP contribution is 2.39. The Labute approximate surface area is 202 Å². The number of carbonyl (C=O) groups is 1. The van der Waals surface area contributed by atoms with Gasteiger partial charge in [0, 0.05) is 12.1 Å². The Bertz CT molecular complexity index is 1150. The van der Waals surface area contributed by atoms with Gasteiger partial charge in [0.05, 0.1) is 20.3 Å². The van der Waals surface area contributed by atoms with Crippen molar-refractivity contribution in [2.75, 3.05) is 27.4 Å². The molecule has 4 rings (SSSR count). The summed E-state index contributed by atoms with van der Waals surface area (Å²) in [6.07, 6.45) is 0.743. The van der Waals surface area contributed by atoms with Crippen molar-refractivity contribution in [1.82, 2.24) is 4.90 Å². The highest BCUT2D eigenvalue weighted by molar-refractivity contribution is 5.96. The maximum absolute atomic E-state index is 13.7. The number of rotatable bonds is 7. The van der Waals surface area contributed by atoms with E-state index in [1.54, 1.807) is 14.2 Å². The minimum absolute atomic E-state index is 0.0160. The highest BCUT2D eigenvalue weighted by atomic mass is 16.5. The van der Waals surface area contributed by atoms with E-state index in [-0.39, 0.29) is 11.9 Å². The van der Waals surface area contributed by atoms with Crippen LogP contribution in [0.3, 0.4) is 0 Å². The van der Waals surface area contributed by atoms with E-state index in [9.17, 15) is 4.79 Å². The Morgan fingerprint density at radius 1 is 1.00 bits per heavy atom. The van der Waals surface area contributed by atoms with E-state index in [1.807, 2.05) is 60.4 Å². The molecule has 0 spiro atoms. The Kier molecular flexibility index (Phi) is 7.11. The molecule has 34 heavy (non-hydrogen) atoms. The summed E-state index contributed by atoms with van der Waals surface area (Å²) in [4.78, 5) is 15.6. The van der Waals surface area contributed by atoms with E-state index in [0.717, 1.165) is 34.4 Å². The number of nitrogens with zero attached hydrogens (tertiary/aromatic N) is 1. The van der Waals surface area contributed by atoms with Crippen LogP contribution in [-0.2, 0) is 6.42 Å². The van der Waals surface area contributed by atoms with Crippen molar-refractivity contribution in [1.29, 1.82) is 0 Å². The number of methoxy groups -OCH3 is 2. The molecule has 0 N–H and O–H groups in total. The molecule has 0 aromatic heterocycles. The smallest absolute Gasteiger partial charge is 0.254 e. The van der Waals surface area contributed by atoms with Crippen molar-refractivity contribution < 1.29 is 19.0 Å². The van der Waals surface area contributed by atoms with Gasteiger partial charge in [-0.2, -0.15) is 0 Å². The fraction of sp³-hybridized carbons (Fsp3) is 0.345. The Balaban J connectivity index is 1.69. The van der Waals surface area contributed by atoms with Crippen LogP contribution in [0, 0.1) is 6.92 Å². The van der Waals surface area contributed by atoms with Crippen LogP contribution >= 0.6 is 0 Å². The SMILES string of the molecule is COc1cc2c(cc1OC)[C@@H](COc1ccc(C(C)C)cc1)N(C(=O)c1ccccc1C)CC2. The first kappa shape index (κ1) is 23.7. The van der Waals surface area contributed by atoms with Gasteiger partial charge in [-0.25, -0.2) is 0 Å². The quantitative estimate of drug-likeness (QED) is 0.438. The summed E-state index contributed by atoms with van der Waals surface area (Å²) < 4.78 is 17.3. The number of hydrogen-bond acceptors (Lipinski definition) is 4. The lowest BCUT2D eigenvalue weighted by atomic mass is 9.91. The number of amides is 1. The second-order valence-electron chi connectivity index (χ2n) is 9.02. The molecule has 0 fully saturated rings. The molecule has 0 saturated carbocycles. The lowest BCUT2D eigenvalue weighted by molar-refractivity contribution is 0.0588. The number of benzene rings is 3. The maximum Gasteiger partial charge on any atom is 0.254 e. The van der Waals surface area contributed by atoms with Gasteiger partial charge in [0.25, 0.3) is 5.91 Å². The molecule has 1 heterocycles. The molecule has 1 aliphatic rings. The summed E-state index contributed by atoms with van der Waals surface area (Å²) in [5.41, 5.74) is 5.13. The molecule has 1 atom stereocenters. The summed E-state index contributed by atoms with van der Waals surface area (Å²) >= 11 is 0. The Morgan fingerprint density at radius 3 is 2.32 bits per heavy atom. The fourth-order valence-corrected chi connectivity index (χ4v) is 4.54. The number of fused-ring (bicyclic) bond motifs is 1. The van der Waals surface area contributed by atoms with Gasteiger partial charge >= 0.3 is 0 Å². The molecule has 3 aromatic rings. The normalized spacial score (nSPS) is 15.1. The average molecular weight is 460 g/mol. The molecule has 0 radical (unpaired) electrons. The second-order valence-corrected chi connectivity index (χ2v) is 9.02. The molecular weight excluding hydrogens is 426 g/mol. The van der Waals surface area contributed by atoms with Crippen LogP contribution < -0.4 is 14.2 Å². The lowest BCUT2D eigenvalue weighted by Gasteiger charge is -2.38. The third kappa shape index (κ3) is 4.74. The van der Waals surface area contributed by atoms with Crippen molar-refractivity contribution in [2.24, 2.45) is 0 Å². The minimum atomic E-state index is -0.250. The topological polar surface area (TPSA) is 48.0 Å². The van der Waals surface area contributed by atoms with Crippen LogP contribution in [-0.4, -0.2) is 38.2 Å². The van der Waals surface area contributed by atoms with E-state index < -0.39 is 0 Å². The van der Waals surface area contributed by atoms with Crippen LogP contribution in [0.15, 0.2) is 60.7 Å². The molecule has 3 aromatic carbocycles. The predicted octanol–water partition coefficient (Wildman–Crippen LogP) is 5.95. The highest BCUT2D eigenvalue weighted by Gasteiger charge is 2.33. The lowest BCUT2D eigenvalue weighted by Crippen LogP contribution is -2.42. The largest absolute Gasteiger partial charge is 0.493 e. The number of aryl methyl sites for hydroxylation is 1. The van der Waals surface area contributed by atoms with Crippen molar-refractivity contribution in [3.63, 3.8) is 0 Å². The van der Waals surface area contributed by atoms with Crippen LogP contribution in [0.4, 0.5) is 0 Å². The number of hydrogen-bond donors (Lipinski definition) is 0. The zero-order valence-corrected chi connectivity index (χ0v) is 20.6. The standard InChI is InChI=1S/C29H33NO4/c1-19(2)21-10-12-23(13-11-21)34-18-26-25-17-28(33-5)27(32-4)16-22(25)14-15-30(26)29(31)24-9-7-6-8-20(24)3/h6-13,16-17,19,26H,14-15,18H2,1-5H3/t26-/m1/s1. The minimum Gasteiger partial charge on any atom is -0.493 e. The average Bonchev–Trinajstić information content (AvgIpc) is 2.86. The van der Waals surface area contributed by atoms with Gasteiger partial charge in [0.15, 0.2) is 11.5 Å². The van der Waals surface area contributed by atoms with Crippen molar-refractivity contribution in [3.8, 4) is 17.2 Å². The zero-order chi connectivity index (χ0) is 24.2. The Morgan fingerprint density at radius 2 is 1.68 bits per heavy atom. The Hall–Kier alpha value is -3.47. The summed E-state index contributed by atoms with van der Waals surface area (Å²) in [5, 5.41) is 0. The van der Waals surface area contributed by atoms with Crippen LogP contribution in [0.2, 0.25) is 0 Å². The van der Waals surface area contributed by atoms with Crippen molar-refractivity contribution in [3.05, 3.63) is 88.5 Å². The van der Waals surface area contributed by atoms with Gasteiger partial charge < -0.3 is 19.1 Å². The van der Waals surface area contributed by atoms with Crippen molar-refractivity contribution >= 4 is 5.91 Å². The summed E-state index contributed by atoms with van der Waals surface area (Å²) in [6, 6.07) is 19.7. The van der Waals surface area contributed by atoms with Crippen LogP contribution in [0.25, 0.3) is 0 Å². The van der Waals surface area contributed by atoms with E-state index in [1.165, 1.54) is 5.56 Å². The fourth-order valence-electron chi connectivity index (χ4n) is 4.54. The van der Waals surface area contributed by atoms with Gasteiger partial charge in [0.2, 0.25) is 0 Å². The van der Waals surface area contributed by atoms with Crippen molar-refractivity contribution in [2.45, 2.75) is 39.2 Å². The number of carbonyl (C=O) groups excluding carboxylic acids is 1. The summed E-state index contributed by atoms with van der Waals surface area (Å²) in [6.45, 7) is 7.27. The number of ether oxygens (including phenoxy) is 3. The molecule has 0 aliphatic carbocycles.